The van der Waals surface area contributed by atoms with E-state index in [1.165, 1.54) is 4.90 Å². The maximum atomic E-state index is 14.0. The van der Waals surface area contributed by atoms with Crippen LogP contribution in [0.4, 0.5) is 5.69 Å². The third-order valence-corrected chi connectivity index (χ3v) is 8.37. The van der Waals surface area contributed by atoms with Crippen LogP contribution in [0, 0.1) is 20.8 Å². The number of hydrogen-bond donors (Lipinski definition) is 1. The Bertz CT molecular complexity index is 1420. The van der Waals surface area contributed by atoms with Crippen LogP contribution in [-0.4, -0.2) is 51.4 Å². The van der Waals surface area contributed by atoms with Crippen molar-refractivity contribution in [2.75, 3.05) is 24.5 Å². The lowest BCUT2D eigenvalue weighted by Gasteiger charge is -2.32. The quantitative estimate of drug-likeness (QED) is 0.342. The van der Waals surface area contributed by atoms with E-state index in [9.17, 15) is 18.0 Å². The fourth-order valence-corrected chi connectivity index (χ4v) is 5.80. The molecule has 0 saturated heterocycles. The van der Waals surface area contributed by atoms with Crippen molar-refractivity contribution in [3.8, 4) is 5.75 Å². The summed E-state index contributed by atoms with van der Waals surface area (Å²) >= 11 is 0. The van der Waals surface area contributed by atoms with E-state index in [-0.39, 0.29) is 17.3 Å². The number of nitrogens with one attached hydrogen (secondary N) is 1. The second-order valence-corrected chi connectivity index (χ2v) is 11.9. The average molecular weight is 566 g/mol. The number of anilines is 1. The maximum absolute atomic E-state index is 14.0. The SMILES string of the molecule is CCCNC(=O)[C@@H](C)N(Cc1cccc(OC)c1)C(=O)CN(c1cc(C)cc(C)c1)S(=O)(=O)c1ccc(C)cc1. The lowest BCUT2D eigenvalue weighted by Crippen LogP contribution is -2.51. The van der Waals surface area contributed by atoms with Crippen LogP contribution in [0.15, 0.2) is 71.6 Å². The van der Waals surface area contributed by atoms with Gasteiger partial charge in [0, 0.05) is 13.1 Å². The number of amides is 2. The van der Waals surface area contributed by atoms with Crippen LogP contribution in [0.25, 0.3) is 0 Å². The summed E-state index contributed by atoms with van der Waals surface area (Å²) in [6, 6.07) is 18.4. The molecule has 40 heavy (non-hydrogen) atoms. The van der Waals surface area contributed by atoms with E-state index in [1.54, 1.807) is 62.6 Å². The minimum Gasteiger partial charge on any atom is -0.497 e. The molecule has 214 valence electrons. The molecule has 2 amide bonds. The Balaban J connectivity index is 2.06. The molecule has 0 unspecified atom stereocenters. The molecule has 0 aliphatic rings. The molecule has 0 radical (unpaired) electrons. The van der Waals surface area contributed by atoms with Gasteiger partial charge in [0.15, 0.2) is 0 Å². The van der Waals surface area contributed by atoms with Gasteiger partial charge in [-0.1, -0.05) is 42.8 Å². The highest BCUT2D eigenvalue weighted by atomic mass is 32.2. The Kier molecular flexibility index (Phi) is 10.3. The fraction of sp³-hybridized carbons (Fsp3) is 0.355. The van der Waals surface area contributed by atoms with Crippen molar-refractivity contribution in [1.29, 1.82) is 0 Å². The molecule has 0 aromatic heterocycles. The van der Waals surface area contributed by atoms with Crippen molar-refractivity contribution in [3.63, 3.8) is 0 Å². The first-order valence-electron chi connectivity index (χ1n) is 13.3. The largest absolute Gasteiger partial charge is 0.497 e. The summed E-state index contributed by atoms with van der Waals surface area (Å²) in [5.74, 6) is -0.193. The summed E-state index contributed by atoms with van der Waals surface area (Å²) in [6.07, 6.45) is 0.748. The third kappa shape index (κ3) is 7.63. The highest BCUT2D eigenvalue weighted by molar-refractivity contribution is 7.92. The minimum atomic E-state index is -4.11. The molecule has 0 fully saturated rings. The van der Waals surface area contributed by atoms with Crippen LogP contribution in [0.5, 0.6) is 5.75 Å². The minimum absolute atomic E-state index is 0.0816. The number of hydrogen-bond acceptors (Lipinski definition) is 5. The number of carbonyl (C=O) groups excluding carboxylic acids is 2. The standard InChI is InChI=1S/C31H39N3O5S/c1-7-15-32-31(36)25(5)33(20-26-9-8-10-28(19-26)39-6)30(35)21-34(27-17-23(3)16-24(4)18-27)40(37,38)29-13-11-22(2)12-14-29/h8-14,16-19,25H,7,15,20-21H2,1-6H3,(H,32,36)/t25-/m1/s1. The van der Waals surface area contributed by atoms with Gasteiger partial charge >= 0.3 is 0 Å². The summed E-state index contributed by atoms with van der Waals surface area (Å²) in [4.78, 5) is 28.5. The van der Waals surface area contributed by atoms with Gasteiger partial charge < -0.3 is 15.0 Å². The van der Waals surface area contributed by atoms with Crippen LogP contribution in [-0.2, 0) is 26.2 Å². The number of rotatable bonds is 12. The molecule has 0 spiro atoms. The maximum Gasteiger partial charge on any atom is 0.264 e. The van der Waals surface area contributed by atoms with Crippen molar-refractivity contribution in [3.05, 3.63) is 89.0 Å². The van der Waals surface area contributed by atoms with Gasteiger partial charge in [-0.25, -0.2) is 8.42 Å². The van der Waals surface area contributed by atoms with Crippen molar-refractivity contribution < 1.29 is 22.7 Å². The van der Waals surface area contributed by atoms with Crippen LogP contribution < -0.4 is 14.4 Å². The highest BCUT2D eigenvalue weighted by Crippen LogP contribution is 2.27. The zero-order valence-electron chi connectivity index (χ0n) is 24.1. The molecule has 1 N–H and O–H groups in total. The molecule has 0 aliphatic heterocycles. The van der Waals surface area contributed by atoms with E-state index in [0.717, 1.165) is 33.0 Å². The normalized spacial score (nSPS) is 11.9. The molecule has 0 saturated carbocycles. The zero-order chi connectivity index (χ0) is 29.4. The zero-order valence-corrected chi connectivity index (χ0v) is 24.9. The number of ether oxygens (including phenoxy) is 1. The first kappa shape index (κ1) is 30.7. The van der Waals surface area contributed by atoms with E-state index in [1.807, 2.05) is 45.9 Å². The van der Waals surface area contributed by atoms with E-state index < -0.39 is 28.5 Å². The van der Waals surface area contributed by atoms with Crippen LogP contribution in [0.1, 0.15) is 42.5 Å². The van der Waals surface area contributed by atoms with Gasteiger partial charge in [-0.05, 0) is 87.2 Å². The molecule has 3 rings (SSSR count). The molecule has 9 heteroatoms. The topological polar surface area (TPSA) is 96.0 Å². The van der Waals surface area contributed by atoms with Gasteiger partial charge in [0.2, 0.25) is 11.8 Å². The highest BCUT2D eigenvalue weighted by Gasteiger charge is 2.32. The van der Waals surface area contributed by atoms with Gasteiger partial charge in [0.25, 0.3) is 10.0 Å². The van der Waals surface area contributed by atoms with Crippen LogP contribution in [0.2, 0.25) is 0 Å². The average Bonchev–Trinajstić information content (AvgIpc) is 2.92. The van der Waals surface area contributed by atoms with Crippen molar-refractivity contribution in [2.24, 2.45) is 0 Å². The number of nitrogens with zero attached hydrogens (tertiary/aromatic N) is 2. The first-order chi connectivity index (χ1) is 19.0. The summed E-state index contributed by atoms with van der Waals surface area (Å²) < 4.78 is 34.4. The molecule has 3 aromatic rings. The first-order valence-corrected chi connectivity index (χ1v) is 14.8. The van der Waals surface area contributed by atoms with Crippen molar-refractivity contribution in [2.45, 2.75) is 58.5 Å². The van der Waals surface area contributed by atoms with E-state index >= 15 is 0 Å². The molecular formula is C31H39N3O5S. The Morgan fingerprint density at radius 2 is 1.57 bits per heavy atom. The summed E-state index contributed by atoms with van der Waals surface area (Å²) in [7, 11) is -2.56. The molecule has 0 bridgehead atoms. The van der Waals surface area contributed by atoms with Crippen molar-refractivity contribution >= 4 is 27.5 Å². The van der Waals surface area contributed by atoms with Gasteiger partial charge in [-0.2, -0.15) is 0 Å². The van der Waals surface area contributed by atoms with E-state index in [4.69, 9.17) is 4.74 Å². The second-order valence-electron chi connectivity index (χ2n) is 10.0. The number of methoxy groups -OCH3 is 1. The number of benzene rings is 3. The molecule has 1 atom stereocenters. The van der Waals surface area contributed by atoms with E-state index in [0.29, 0.717) is 18.0 Å². The van der Waals surface area contributed by atoms with Gasteiger partial charge in [-0.15, -0.1) is 0 Å². The molecule has 3 aromatic carbocycles. The lowest BCUT2D eigenvalue weighted by molar-refractivity contribution is -0.139. The lowest BCUT2D eigenvalue weighted by atomic mass is 10.1. The Hall–Kier alpha value is -3.85. The smallest absolute Gasteiger partial charge is 0.264 e. The number of sulfonamides is 1. The number of carbonyl (C=O) groups is 2. The summed E-state index contributed by atoms with van der Waals surface area (Å²) in [5, 5.41) is 2.85. The molecule has 0 aliphatic carbocycles. The number of aryl methyl sites for hydroxylation is 3. The second kappa shape index (κ2) is 13.5. The van der Waals surface area contributed by atoms with Crippen LogP contribution >= 0.6 is 0 Å². The predicted octanol–water partition coefficient (Wildman–Crippen LogP) is 4.76. The molecule has 8 nitrogen and oxygen atoms in total. The van der Waals surface area contributed by atoms with Crippen molar-refractivity contribution in [1.82, 2.24) is 10.2 Å². The monoisotopic (exact) mass is 565 g/mol. The Morgan fingerprint density at radius 1 is 0.925 bits per heavy atom. The third-order valence-electron chi connectivity index (χ3n) is 6.59. The Morgan fingerprint density at radius 3 is 2.17 bits per heavy atom. The van der Waals surface area contributed by atoms with Gasteiger partial charge in [0.1, 0.15) is 18.3 Å². The van der Waals surface area contributed by atoms with Crippen LogP contribution in [0.3, 0.4) is 0 Å². The van der Waals surface area contributed by atoms with Gasteiger partial charge in [0.05, 0.1) is 17.7 Å². The molecule has 0 heterocycles. The summed E-state index contributed by atoms with van der Waals surface area (Å²) in [5.41, 5.74) is 3.79. The summed E-state index contributed by atoms with van der Waals surface area (Å²) in [6.45, 7) is 9.33. The molecular weight excluding hydrogens is 526 g/mol. The van der Waals surface area contributed by atoms with Gasteiger partial charge in [-0.3, -0.25) is 13.9 Å². The Labute approximate surface area is 238 Å². The van der Waals surface area contributed by atoms with E-state index in [2.05, 4.69) is 5.32 Å². The predicted molar refractivity (Wildman–Crippen MR) is 158 cm³/mol. The fourth-order valence-electron chi connectivity index (χ4n) is 4.41.